The summed E-state index contributed by atoms with van der Waals surface area (Å²) in [6, 6.07) is 6.47. The monoisotopic (exact) mass is 275 g/mol. The van der Waals surface area contributed by atoms with Crippen molar-refractivity contribution in [3.63, 3.8) is 0 Å². The Morgan fingerprint density at radius 1 is 1.37 bits per heavy atom. The number of rotatable bonds is 2. The highest BCUT2D eigenvalue weighted by Crippen LogP contribution is 2.21. The zero-order chi connectivity index (χ0) is 13.4. The SMILES string of the molecule is O=c1cc(O)c2cc(Cl)cn2n1Cc1cccnc1. The van der Waals surface area contributed by atoms with Crippen molar-refractivity contribution in [3.8, 4) is 5.75 Å². The van der Waals surface area contributed by atoms with Gasteiger partial charge >= 0.3 is 0 Å². The van der Waals surface area contributed by atoms with E-state index in [2.05, 4.69) is 4.98 Å². The van der Waals surface area contributed by atoms with Crippen LogP contribution in [0.25, 0.3) is 5.52 Å². The van der Waals surface area contributed by atoms with Crippen LogP contribution in [-0.2, 0) is 6.54 Å². The van der Waals surface area contributed by atoms with Gasteiger partial charge in [-0.15, -0.1) is 0 Å². The third-order valence-electron chi connectivity index (χ3n) is 2.86. The van der Waals surface area contributed by atoms with Gasteiger partial charge in [-0.25, -0.2) is 4.68 Å². The van der Waals surface area contributed by atoms with Crippen LogP contribution in [0.15, 0.2) is 47.7 Å². The predicted octanol–water partition coefficient (Wildman–Crippen LogP) is 1.90. The number of halogens is 1. The van der Waals surface area contributed by atoms with Crippen LogP contribution >= 0.6 is 11.6 Å². The fourth-order valence-electron chi connectivity index (χ4n) is 2.00. The lowest BCUT2D eigenvalue weighted by atomic mass is 10.3. The molecule has 0 radical (unpaired) electrons. The van der Waals surface area contributed by atoms with Gasteiger partial charge < -0.3 is 5.11 Å². The Hall–Kier alpha value is -2.27. The Balaban J connectivity index is 2.20. The molecule has 3 aromatic heterocycles. The summed E-state index contributed by atoms with van der Waals surface area (Å²) >= 11 is 5.92. The van der Waals surface area contributed by atoms with Crippen LogP contribution in [0.3, 0.4) is 0 Å². The smallest absolute Gasteiger partial charge is 0.269 e. The van der Waals surface area contributed by atoms with Crippen molar-refractivity contribution in [2.75, 3.05) is 0 Å². The minimum Gasteiger partial charge on any atom is -0.505 e. The molecule has 0 aliphatic rings. The first-order valence-corrected chi connectivity index (χ1v) is 6.02. The molecule has 0 unspecified atom stereocenters. The summed E-state index contributed by atoms with van der Waals surface area (Å²) in [5.74, 6) is -0.0839. The van der Waals surface area contributed by atoms with Crippen LogP contribution in [0.5, 0.6) is 5.75 Å². The molecule has 0 aliphatic heterocycles. The molecule has 3 aromatic rings. The van der Waals surface area contributed by atoms with Crippen LogP contribution in [-0.4, -0.2) is 19.3 Å². The summed E-state index contributed by atoms with van der Waals surface area (Å²) in [7, 11) is 0. The van der Waals surface area contributed by atoms with E-state index >= 15 is 0 Å². The zero-order valence-electron chi connectivity index (χ0n) is 9.82. The van der Waals surface area contributed by atoms with Gasteiger partial charge in [-0.05, 0) is 17.7 Å². The number of aromatic hydroxyl groups is 1. The first-order valence-electron chi connectivity index (χ1n) is 5.65. The van der Waals surface area contributed by atoms with Gasteiger partial charge in [0.15, 0.2) is 0 Å². The molecule has 3 rings (SSSR count). The average molecular weight is 276 g/mol. The second kappa shape index (κ2) is 4.44. The Morgan fingerprint density at radius 3 is 2.95 bits per heavy atom. The van der Waals surface area contributed by atoms with E-state index in [4.69, 9.17) is 11.6 Å². The molecular formula is C13H10ClN3O2. The lowest BCUT2D eigenvalue weighted by molar-refractivity contribution is 0.467. The quantitative estimate of drug-likeness (QED) is 0.777. The highest BCUT2D eigenvalue weighted by molar-refractivity contribution is 6.31. The van der Waals surface area contributed by atoms with Crippen molar-refractivity contribution < 1.29 is 5.11 Å². The van der Waals surface area contributed by atoms with Gasteiger partial charge in [0.05, 0.1) is 11.6 Å². The van der Waals surface area contributed by atoms with Crippen molar-refractivity contribution in [2.45, 2.75) is 6.54 Å². The maximum absolute atomic E-state index is 12.0. The van der Waals surface area contributed by atoms with Gasteiger partial charge in [-0.3, -0.25) is 14.3 Å². The van der Waals surface area contributed by atoms with Crippen molar-refractivity contribution >= 4 is 17.1 Å². The first kappa shape index (κ1) is 11.8. The molecule has 0 fully saturated rings. The van der Waals surface area contributed by atoms with Crippen LogP contribution in [0.1, 0.15) is 5.56 Å². The molecule has 0 saturated carbocycles. The summed E-state index contributed by atoms with van der Waals surface area (Å²) in [5.41, 5.74) is 1.08. The predicted molar refractivity (Wildman–Crippen MR) is 71.7 cm³/mol. The minimum absolute atomic E-state index is 0.0839. The normalized spacial score (nSPS) is 11.0. The van der Waals surface area contributed by atoms with E-state index in [1.165, 1.54) is 10.7 Å². The lowest BCUT2D eigenvalue weighted by Gasteiger charge is -2.10. The molecule has 96 valence electrons. The van der Waals surface area contributed by atoms with Crippen molar-refractivity contribution in [1.29, 1.82) is 0 Å². The fourth-order valence-corrected chi connectivity index (χ4v) is 2.20. The van der Waals surface area contributed by atoms with E-state index in [0.717, 1.165) is 5.56 Å². The van der Waals surface area contributed by atoms with Crippen LogP contribution in [0.4, 0.5) is 0 Å². The third kappa shape index (κ3) is 2.08. The third-order valence-corrected chi connectivity index (χ3v) is 3.07. The van der Waals surface area contributed by atoms with E-state index in [1.807, 2.05) is 6.07 Å². The van der Waals surface area contributed by atoms with E-state index in [-0.39, 0.29) is 11.3 Å². The van der Waals surface area contributed by atoms with Crippen molar-refractivity contribution in [3.05, 3.63) is 63.8 Å². The van der Waals surface area contributed by atoms with E-state index in [1.54, 1.807) is 35.2 Å². The van der Waals surface area contributed by atoms with E-state index in [9.17, 15) is 9.90 Å². The summed E-state index contributed by atoms with van der Waals surface area (Å²) in [6.07, 6.45) is 4.95. The zero-order valence-corrected chi connectivity index (χ0v) is 10.6. The maximum Gasteiger partial charge on any atom is 0.269 e. The average Bonchev–Trinajstić information content (AvgIpc) is 2.78. The molecule has 5 nitrogen and oxygen atoms in total. The molecule has 0 atom stereocenters. The Bertz CT molecular complexity index is 793. The topological polar surface area (TPSA) is 59.5 Å². The Morgan fingerprint density at radius 2 is 2.21 bits per heavy atom. The molecule has 0 amide bonds. The lowest BCUT2D eigenvalue weighted by Crippen LogP contribution is -2.25. The standard InChI is InChI=1S/C13H10ClN3O2/c14-10-4-11-12(18)5-13(19)17(16(11)8-10)7-9-2-1-3-15-6-9/h1-6,8,18H,7H2. The number of hydrogen-bond acceptors (Lipinski definition) is 3. The van der Waals surface area contributed by atoms with Crippen LogP contribution in [0, 0.1) is 0 Å². The van der Waals surface area contributed by atoms with Gasteiger partial charge in [-0.1, -0.05) is 17.7 Å². The van der Waals surface area contributed by atoms with Crippen LogP contribution < -0.4 is 5.56 Å². The molecule has 0 aromatic carbocycles. The van der Waals surface area contributed by atoms with E-state index in [0.29, 0.717) is 17.1 Å². The number of fused-ring (bicyclic) bond motifs is 1. The van der Waals surface area contributed by atoms with Gasteiger partial charge in [-0.2, -0.15) is 0 Å². The van der Waals surface area contributed by atoms with Crippen LogP contribution in [0.2, 0.25) is 5.02 Å². The molecule has 19 heavy (non-hydrogen) atoms. The summed E-state index contributed by atoms with van der Waals surface area (Å²) in [5, 5.41) is 10.2. The van der Waals surface area contributed by atoms with E-state index < -0.39 is 0 Å². The molecular weight excluding hydrogens is 266 g/mol. The molecule has 1 N–H and O–H groups in total. The molecule has 0 saturated heterocycles. The molecule has 0 spiro atoms. The number of aromatic nitrogens is 3. The molecule has 3 heterocycles. The minimum atomic E-state index is -0.305. The molecule has 0 aliphatic carbocycles. The molecule has 0 bridgehead atoms. The number of hydrogen-bond donors (Lipinski definition) is 1. The summed E-state index contributed by atoms with van der Waals surface area (Å²) < 4.78 is 3.03. The Labute approximate surface area is 113 Å². The van der Waals surface area contributed by atoms with Crippen molar-refractivity contribution in [2.24, 2.45) is 0 Å². The Kier molecular flexibility index (Phi) is 2.76. The summed E-state index contributed by atoms with van der Waals surface area (Å²) in [4.78, 5) is 16.0. The first-order chi connectivity index (χ1) is 9.15. The largest absolute Gasteiger partial charge is 0.505 e. The second-order valence-corrected chi connectivity index (χ2v) is 4.61. The number of pyridine rings is 1. The van der Waals surface area contributed by atoms with Crippen molar-refractivity contribution in [1.82, 2.24) is 14.2 Å². The van der Waals surface area contributed by atoms with Gasteiger partial charge in [0.2, 0.25) is 0 Å². The maximum atomic E-state index is 12.0. The van der Waals surface area contributed by atoms with Gasteiger partial charge in [0.25, 0.3) is 5.56 Å². The number of nitrogens with zero attached hydrogens (tertiary/aromatic N) is 3. The van der Waals surface area contributed by atoms with Gasteiger partial charge in [0.1, 0.15) is 11.3 Å². The highest BCUT2D eigenvalue weighted by Gasteiger charge is 2.09. The van der Waals surface area contributed by atoms with Gasteiger partial charge in [0, 0.05) is 24.7 Å². The molecule has 6 heteroatoms. The highest BCUT2D eigenvalue weighted by atomic mass is 35.5. The summed E-state index contributed by atoms with van der Waals surface area (Å²) in [6.45, 7) is 0.356. The fraction of sp³-hybridized carbons (Fsp3) is 0.0769. The second-order valence-electron chi connectivity index (χ2n) is 4.17.